The maximum absolute atomic E-state index is 8.65. The molecule has 1 N–H and O–H groups in total. The van der Waals surface area contributed by atoms with Gasteiger partial charge in [0.05, 0.1) is 6.61 Å². The highest BCUT2D eigenvalue weighted by atomic mass is 32.1. The van der Waals surface area contributed by atoms with E-state index >= 15 is 0 Å². The van der Waals surface area contributed by atoms with Crippen molar-refractivity contribution in [3.05, 3.63) is 15.6 Å². The molecule has 0 fully saturated rings. The van der Waals surface area contributed by atoms with E-state index in [0.29, 0.717) is 10.7 Å². The monoisotopic (exact) mass is 153 g/mol. The molecule has 0 radical (unpaired) electrons. The van der Waals surface area contributed by atoms with Gasteiger partial charge in [0.15, 0.2) is 0 Å². The number of nitrogens with zero attached hydrogens (tertiary/aromatic N) is 1. The molecule has 0 aliphatic carbocycles. The number of hydrogen-bond donors (Lipinski definition) is 1. The zero-order chi connectivity index (χ0) is 7.56. The maximum Gasteiger partial charge on any atom is 0.127 e. The molecular formula is C7H7NOS. The molecule has 1 rings (SSSR count). The molecule has 0 aliphatic heterocycles. The van der Waals surface area contributed by atoms with Crippen molar-refractivity contribution < 1.29 is 5.11 Å². The molecule has 0 aromatic carbocycles. The number of thiazole rings is 1. The molecule has 0 aliphatic rings. The van der Waals surface area contributed by atoms with Crippen molar-refractivity contribution in [3.8, 4) is 12.3 Å². The summed E-state index contributed by atoms with van der Waals surface area (Å²) in [5, 5.41) is 9.34. The Balaban J connectivity index is 3.07. The fourth-order valence-electron chi connectivity index (χ4n) is 0.653. The molecule has 2 nitrogen and oxygen atoms in total. The van der Waals surface area contributed by atoms with Crippen molar-refractivity contribution >= 4 is 11.3 Å². The van der Waals surface area contributed by atoms with Gasteiger partial charge in [-0.25, -0.2) is 4.98 Å². The molecule has 0 bridgehead atoms. The summed E-state index contributed by atoms with van der Waals surface area (Å²) >= 11 is 1.44. The number of aliphatic hydroxyl groups excluding tert-OH is 1. The summed E-state index contributed by atoms with van der Waals surface area (Å²) in [5.74, 6) is 2.44. The largest absolute Gasteiger partial charge is 0.389 e. The van der Waals surface area contributed by atoms with Gasteiger partial charge >= 0.3 is 0 Å². The lowest BCUT2D eigenvalue weighted by Gasteiger charge is -1.79. The number of rotatable bonds is 1. The van der Waals surface area contributed by atoms with E-state index in [1.807, 2.05) is 6.92 Å². The van der Waals surface area contributed by atoms with Gasteiger partial charge in [-0.3, -0.25) is 0 Å². The van der Waals surface area contributed by atoms with E-state index in [1.165, 1.54) is 11.3 Å². The topological polar surface area (TPSA) is 33.1 Å². The fourth-order valence-corrected chi connectivity index (χ4v) is 1.41. The van der Waals surface area contributed by atoms with E-state index in [-0.39, 0.29) is 6.61 Å². The van der Waals surface area contributed by atoms with Crippen LogP contribution in [0.1, 0.15) is 15.6 Å². The van der Waals surface area contributed by atoms with Crippen LogP contribution < -0.4 is 0 Å². The lowest BCUT2D eigenvalue weighted by molar-refractivity contribution is 0.281. The zero-order valence-electron chi connectivity index (χ0n) is 5.59. The molecule has 0 atom stereocenters. The second-order valence-corrected chi connectivity index (χ2v) is 3.10. The third-order valence-electron chi connectivity index (χ3n) is 1.11. The Kier molecular flexibility index (Phi) is 2.05. The summed E-state index contributed by atoms with van der Waals surface area (Å²) in [6.45, 7) is 1.87. The minimum absolute atomic E-state index is 0.0206. The van der Waals surface area contributed by atoms with Crippen LogP contribution in [0.5, 0.6) is 0 Å². The molecule has 3 heteroatoms. The highest BCUT2D eigenvalue weighted by molar-refractivity contribution is 7.11. The van der Waals surface area contributed by atoms with Crippen molar-refractivity contribution in [3.63, 3.8) is 0 Å². The minimum Gasteiger partial charge on any atom is -0.389 e. The Morgan fingerprint density at radius 3 is 2.80 bits per heavy atom. The molecular weight excluding hydrogens is 146 g/mol. The molecule has 0 unspecified atom stereocenters. The summed E-state index contributed by atoms with van der Waals surface area (Å²) in [4.78, 5) is 4.97. The van der Waals surface area contributed by atoms with Crippen LogP contribution in [-0.4, -0.2) is 10.1 Å². The van der Waals surface area contributed by atoms with Crippen LogP contribution in [0.2, 0.25) is 0 Å². The Morgan fingerprint density at radius 1 is 1.80 bits per heavy atom. The van der Waals surface area contributed by atoms with Gasteiger partial charge in [0, 0.05) is 4.88 Å². The van der Waals surface area contributed by atoms with Crippen molar-refractivity contribution in [1.82, 2.24) is 4.98 Å². The Morgan fingerprint density at radius 2 is 2.50 bits per heavy atom. The molecule has 1 heterocycles. The molecule has 52 valence electrons. The van der Waals surface area contributed by atoms with Crippen LogP contribution in [0.3, 0.4) is 0 Å². The van der Waals surface area contributed by atoms with Crippen LogP contribution in [-0.2, 0) is 6.61 Å². The highest BCUT2D eigenvalue weighted by Gasteiger charge is 2.02. The summed E-state index contributed by atoms with van der Waals surface area (Å²) in [6, 6.07) is 0. The predicted octanol–water partition coefficient (Wildman–Crippen LogP) is 0.925. The molecule has 0 amide bonds. The Hall–Kier alpha value is -0.850. The fraction of sp³-hybridized carbons (Fsp3) is 0.286. The van der Waals surface area contributed by atoms with E-state index in [9.17, 15) is 0 Å². The van der Waals surface area contributed by atoms with Gasteiger partial charge in [-0.05, 0) is 12.8 Å². The first-order valence-corrected chi connectivity index (χ1v) is 3.63. The van der Waals surface area contributed by atoms with Crippen LogP contribution in [0.25, 0.3) is 0 Å². The lowest BCUT2D eigenvalue weighted by atomic mass is 10.4. The molecule has 0 spiro atoms. The van der Waals surface area contributed by atoms with E-state index in [2.05, 4.69) is 10.9 Å². The molecule has 0 saturated heterocycles. The first kappa shape index (κ1) is 7.26. The number of hydrogen-bond acceptors (Lipinski definition) is 3. The lowest BCUT2D eigenvalue weighted by Crippen LogP contribution is -1.80. The smallest absolute Gasteiger partial charge is 0.127 e. The van der Waals surface area contributed by atoms with Gasteiger partial charge < -0.3 is 5.11 Å². The molecule has 10 heavy (non-hydrogen) atoms. The maximum atomic E-state index is 8.65. The van der Waals surface area contributed by atoms with Crippen LogP contribution in [0.4, 0.5) is 0 Å². The number of terminal acetylenes is 1. The summed E-state index contributed by atoms with van der Waals surface area (Å²) in [5.41, 5.74) is 0.647. The average Bonchev–Trinajstić information content (AvgIpc) is 2.30. The quantitative estimate of drug-likeness (QED) is 0.609. The van der Waals surface area contributed by atoms with Crippen LogP contribution in [0, 0.1) is 19.3 Å². The second-order valence-electron chi connectivity index (χ2n) is 1.81. The number of aromatic nitrogens is 1. The Labute approximate surface area is 63.5 Å². The van der Waals surface area contributed by atoms with Crippen molar-refractivity contribution in [2.75, 3.05) is 0 Å². The summed E-state index contributed by atoms with van der Waals surface area (Å²) in [6.07, 6.45) is 5.13. The van der Waals surface area contributed by atoms with Crippen LogP contribution >= 0.6 is 11.3 Å². The van der Waals surface area contributed by atoms with Gasteiger partial charge in [0.2, 0.25) is 0 Å². The van der Waals surface area contributed by atoms with E-state index in [0.717, 1.165) is 4.88 Å². The Bertz CT molecular complexity index is 272. The first-order chi connectivity index (χ1) is 4.77. The normalized spacial score (nSPS) is 9.30. The highest BCUT2D eigenvalue weighted by Crippen LogP contribution is 2.15. The third kappa shape index (κ3) is 1.18. The number of aliphatic hydroxyl groups is 1. The van der Waals surface area contributed by atoms with Crippen molar-refractivity contribution in [2.24, 2.45) is 0 Å². The van der Waals surface area contributed by atoms with Crippen molar-refractivity contribution in [1.29, 1.82) is 0 Å². The molecule has 1 aromatic rings. The zero-order valence-corrected chi connectivity index (χ0v) is 6.40. The van der Waals surface area contributed by atoms with Gasteiger partial charge in [-0.2, -0.15) is 0 Å². The minimum atomic E-state index is -0.0206. The number of aryl methyl sites for hydroxylation is 1. The van der Waals surface area contributed by atoms with Crippen molar-refractivity contribution in [2.45, 2.75) is 13.5 Å². The third-order valence-corrected chi connectivity index (χ3v) is 2.07. The van der Waals surface area contributed by atoms with E-state index in [1.54, 1.807) is 0 Å². The molecule has 1 aromatic heterocycles. The van der Waals surface area contributed by atoms with Gasteiger partial charge in [0.25, 0.3) is 0 Å². The molecule has 0 saturated carbocycles. The van der Waals surface area contributed by atoms with E-state index < -0.39 is 0 Å². The van der Waals surface area contributed by atoms with E-state index in [4.69, 9.17) is 11.5 Å². The van der Waals surface area contributed by atoms with Crippen LogP contribution in [0.15, 0.2) is 0 Å². The summed E-state index contributed by atoms with van der Waals surface area (Å²) in [7, 11) is 0. The second kappa shape index (κ2) is 2.82. The average molecular weight is 153 g/mol. The SMILES string of the molecule is C#Cc1nc(CO)sc1C. The van der Waals surface area contributed by atoms with Gasteiger partial charge in [-0.1, -0.05) is 0 Å². The standard InChI is InChI=1S/C7H7NOS/c1-3-6-5(2)10-7(4-9)8-6/h1,9H,4H2,2H3. The van der Waals surface area contributed by atoms with Gasteiger partial charge in [0.1, 0.15) is 10.7 Å². The first-order valence-electron chi connectivity index (χ1n) is 2.81. The van der Waals surface area contributed by atoms with Gasteiger partial charge in [-0.15, -0.1) is 17.8 Å². The predicted molar refractivity (Wildman–Crippen MR) is 40.7 cm³/mol. The summed E-state index contributed by atoms with van der Waals surface area (Å²) < 4.78 is 0.